The summed E-state index contributed by atoms with van der Waals surface area (Å²) in [5.74, 6) is 1.55. The molecule has 0 atom stereocenters. The van der Waals surface area contributed by atoms with Gasteiger partial charge in [0.2, 0.25) is 0 Å². The summed E-state index contributed by atoms with van der Waals surface area (Å²) in [5, 5.41) is 15.9. The number of anilines is 3. The van der Waals surface area contributed by atoms with Crippen molar-refractivity contribution in [3.05, 3.63) is 212 Å². The molecule has 0 radical (unpaired) electrons. The van der Waals surface area contributed by atoms with Gasteiger partial charge in [0, 0.05) is 38.6 Å². The molecule has 0 saturated carbocycles. The summed E-state index contributed by atoms with van der Waals surface area (Å²) < 4.78 is 4.74. The van der Waals surface area contributed by atoms with Crippen LogP contribution in [0.15, 0.2) is 212 Å². The van der Waals surface area contributed by atoms with E-state index in [2.05, 4.69) is 214 Å². The summed E-state index contributed by atoms with van der Waals surface area (Å²) in [6.07, 6.45) is 0. The number of aromatic nitrogens is 4. The molecule has 0 saturated heterocycles. The second-order valence-corrected chi connectivity index (χ2v) is 15.0. The first-order chi connectivity index (χ1) is 29.3. The normalized spacial score (nSPS) is 12.0. The lowest BCUT2D eigenvalue weighted by Gasteiger charge is -2.30. The Kier molecular flexibility index (Phi) is 7.47. The summed E-state index contributed by atoms with van der Waals surface area (Å²) in [7, 11) is 0. The van der Waals surface area contributed by atoms with Crippen LogP contribution in [0.5, 0.6) is 0 Å². The van der Waals surface area contributed by atoms with Gasteiger partial charge in [-0.25, -0.2) is 0 Å². The maximum atomic E-state index is 4.87. The fourth-order valence-corrected chi connectivity index (χ4v) is 9.28. The molecule has 276 valence electrons. The first-order valence-electron chi connectivity index (χ1n) is 20.0. The van der Waals surface area contributed by atoms with Crippen molar-refractivity contribution >= 4 is 49.5 Å². The molecule has 1 aliphatic rings. The molecule has 0 aliphatic carbocycles. The van der Waals surface area contributed by atoms with Crippen LogP contribution in [0.4, 0.5) is 17.1 Å². The van der Waals surface area contributed by atoms with Crippen molar-refractivity contribution in [2.45, 2.75) is 0 Å². The fourth-order valence-electron chi connectivity index (χ4n) is 9.28. The average Bonchev–Trinajstić information content (AvgIpc) is 3.87. The predicted molar refractivity (Wildman–Crippen MR) is 243 cm³/mol. The van der Waals surface area contributed by atoms with E-state index in [4.69, 9.17) is 10.2 Å². The van der Waals surface area contributed by atoms with Gasteiger partial charge in [0.1, 0.15) is 0 Å². The molecule has 5 nitrogen and oxygen atoms in total. The summed E-state index contributed by atoms with van der Waals surface area (Å²) in [4.78, 5) is 2.45. The molecule has 5 heteroatoms. The Labute approximate surface area is 341 Å². The van der Waals surface area contributed by atoms with Gasteiger partial charge in [0.25, 0.3) is 0 Å². The zero-order valence-corrected chi connectivity index (χ0v) is 31.9. The number of hydrogen-bond donors (Lipinski definition) is 0. The molecule has 9 aromatic carbocycles. The molecule has 0 bridgehead atoms. The van der Waals surface area contributed by atoms with Crippen LogP contribution in [0.25, 0.3) is 89.0 Å². The van der Waals surface area contributed by atoms with Gasteiger partial charge >= 0.3 is 0 Å². The van der Waals surface area contributed by atoms with Gasteiger partial charge in [-0.05, 0) is 52.6 Å². The van der Waals surface area contributed by atoms with E-state index < -0.39 is 0 Å². The minimum Gasteiger partial charge on any atom is -0.308 e. The summed E-state index contributed by atoms with van der Waals surface area (Å²) in [6, 6.07) is 75.9. The molecule has 0 amide bonds. The zero-order chi connectivity index (χ0) is 38.9. The highest BCUT2D eigenvalue weighted by molar-refractivity contribution is 6.16. The van der Waals surface area contributed by atoms with Gasteiger partial charge in [-0.3, -0.25) is 4.57 Å². The van der Waals surface area contributed by atoms with E-state index in [1.165, 1.54) is 38.0 Å². The Hall–Kier alpha value is -8.02. The third-order valence-electron chi connectivity index (χ3n) is 11.8. The molecule has 0 spiro atoms. The van der Waals surface area contributed by atoms with Crippen molar-refractivity contribution in [2.75, 3.05) is 4.90 Å². The first kappa shape index (κ1) is 33.2. The number of rotatable bonds is 5. The number of para-hydroxylation sites is 5. The predicted octanol–water partition coefficient (Wildman–Crippen LogP) is 14.0. The lowest BCUT2D eigenvalue weighted by Crippen LogP contribution is -2.15. The number of nitrogens with zero attached hydrogens (tertiary/aromatic N) is 5. The Morgan fingerprint density at radius 2 is 0.814 bits per heavy atom. The fraction of sp³-hybridized carbons (Fsp3) is 0. The van der Waals surface area contributed by atoms with Gasteiger partial charge in [0.15, 0.2) is 11.6 Å². The van der Waals surface area contributed by atoms with E-state index in [0.717, 1.165) is 68.0 Å². The molecule has 2 aromatic heterocycles. The van der Waals surface area contributed by atoms with Crippen molar-refractivity contribution in [1.82, 2.24) is 19.3 Å². The molecule has 12 rings (SSSR count). The summed E-state index contributed by atoms with van der Waals surface area (Å²) in [5.41, 5.74) is 13.1. The van der Waals surface area contributed by atoms with Crippen LogP contribution >= 0.6 is 0 Å². The number of fused-ring (bicyclic) bond motifs is 10. The first-order valence-corrected chi connectivity index (χ1v) is 20.0. The second kappa shape index (κ2) is 13.3. The molecule has 0 N–H and O–H groups in total. The summed E-state index contributed by atoms with van der Waals surface area (Å²) >= 11 is 0. The molecular weight excluding hydrogens is 719 g/mol. The monoisotopic (exact) mass is 753 g/mol. The molecule has 1 aliphatic heterocycles. The molecule has 0 unspecified atom stereocenters. The summed E-state index contributed by atoms with van der Waals surface area (Å²) in [6.45, 7) is 0. The van der Waals surface area contributed by atoms with Gasteiger partial charge in [-0.2, -0.15) is 0 Å². The molecule has 59 heavy (non-hydrogen) atoms. The van der Waals surface area contributed by atoms with Gasteiger partial charge in [-0.1, -0.05) is 176 Å². The number of benzene rings is 9. The van der Waals surface area contributed by atoms with E-state index >= 15 is 0 Å². The van der Waals surface area contributed by atoms with E-state index in [1.54, 1.807) is 0 Å². The maximum Gasteiger partial charge on any atom is 0.168 e. The van der Waals surface area contributed by atoms with Crippen molar-refractivity contribution in [3.63, 3.8) is 0 Å². The lowest BCUT2D eigenvalue weighted by molar-refractivity contribution is 1.06. The highest BCUT2D eigenvalue weighted by atomic mass is 15.3. The number of hydrogen-bond acceptors (Lipinski definition) is 3. The highest BCUT2D eigenvalue weighted by Crippen LogP contribution is 2.55. The van der Waals surface area contributed by atoms with E-state index in [9.17, 15) is 0 Å². The Bertz CT molecular complexity index is 3340. The van der Waals surface area contributed by atoms with Crippen LogP contribution in [-0.4, -0.2) is 19.3 Å². The van der Waals surface area contributed by atoms with Crippen molar-refractivity contribution in [3.8, 4) is 56.5 Å². The van der Waals surface area contributed by atoms with Gasteiger partial charge in [-0.15, -0.1) is 10.2 Å². The van der Waals surface area contributed by atoms with Crippen LogP contribution in [-0.2, 0) is 0 Å². The maximum absolute atomic E-state index is 4.87. The van der Waals surface area contributed by atoms with Crippen molar-refractivity contribution in [2.24, 2.45) is 0 Å². The van der Waals surface area contributed by atoms with Gasteiger partial charge in [0.05, 0.1) is 39.6 Å². The minimum absolute atomic E-state index is 0.775. The smallest absolute Gasteiger partial charge is 0.168 e. The lowest BCUT2D eigenvalue weighted by atomic mass is 9.97. The van der Waals surface area contributed by atoms with Gasteiger partial charge < -0.3 is 9.47 Å². The topological polar surface area (TPSA) is 38.9 Å². The van der Waals surface area contributed by atoms with E-state index in [0.29, 0.717) is 0 Å². The largest absolute Gasteiger partial charge is 0.308 e. The zero-order valence-electron chi connectivity index (χ0n) is 31.9. The molecule has 0 fully saturated rings. The third kappa shape index (κ3) is 5.05. The van der Waals surface area contributed by atoms with E-state index in [-0.39, 0.29) is 0 Å². The van der Waals surface area contributed by atoms with Crippen molar-refractivity contribution in [1.29, 1.82) is 0 Å². The Morgan fingerprint density at radius 1 is 0.322 bits per heavy atom. The van der Waals surface area contributed by atoms with Crippen LogP contribution in [0.1, 0.15) is 0 Å². The van der Waals surface area contributed by atoms with E-state index in [1.807, 2.05) is 12.1 Å². The Balaban J connectivity index is 1.19. The van der Waals surface area contributed by atoms with Crippen LogP contribution in [0, 0.1) is 0 Å². The third-order valence-corrected chi connectivity index (χ3v) is 11.8. The standard InChI is InChI=1S/C54H35N5/c1-3-19-36(20-4-1)53-55-56-54(37-21-5-2-6-22-37)59(53)49-34-18-17-33-48(49)57-45-30-14-11-27-42(45)51-43-28-12-15-31-46(43)58(52(51)44-29-13-16-32-47(44)57)50-35-38-23-7-8-24-39(38)40-25-9-10-26-41(40)50/h1-35H. The SMILES string of the molecule is c1ccc(-c2nnc(-c3ccccc3)n2-c2ccccc2N2c3ccccc3-c3c(n(-c4cc5ccccc5c5ccccc45)c4ccccc34)-c3ccccc32)cc1. The average molecular weight is 754 g/mol. The van der Waals surface area contributed by atoms with Crippen LogP contribution < -0.4 is 4.90 Å². The molecule has 3 heterocycles. The van der Waals surface area contributed by atoms with Crippen LogP contribution in [0.2, 0.25) is 0 Å². The van der Waals surface area contributed by atoms with Crippen LogP contribution in [0.3, 0.4) is 0 Å². The Morgan fingerprint density at radius 3 is 1.51 bits per heavy atom. The second-order valence-electron chi connectivity index (χ2n) is 15.0. The highest BCUT2D eigenvalue weighted by Gasteiger charge is 2.33. The van der Waals surface area contributed by atoms with Crippen molar-refractivity contribution < 1.29 is 0 Å². The quantitative estimate of drug-likeness (QED) is 0.164. The molecule has 11 aromatic rings. The minimum atomic E-state index is 0.775. The molecular formula is C54H35N5.